The van der Waals surface area contributed by atoms with Gasteiger partial charge in [0.2, 0.25) is 0 Å². The largest absolute Gasteiger partial charge is 0.329 e. The van der Waals surface area contributed by atoms with Crippen molar-refractivity contribution in [1.29, 1.82) is 0 Å². The van der Waals surface area contributed by atoms with Crippen LogP contribution in [0.5, 0.6) is 0 Å². The number of rotatable bonds is 1. The van der Waals surface area contributed by atoms with Gasteiger partial charge < -0.3 is 9.55 Å². The Labute approximate surface area is 126 Å². The Morgan fingerprint density at radius 2 is 2.14 bits per heavy atom. The summed E-state index contributed by atoms with van der Waals surface area (Å²) in [6.07, 6.45) is 2.37. The molecule has 0 radical (unpaired) electrons. The van der Waals surface area contributed by atoms with E-state index in [1.54, 1.807) is 6.20 Å². The number of nitrogens with zero attached hydrogens (tertiary/aromatic N) is 2. The molecule has 0 spiro atoms. The van der Waals surface area contributed by atoms with Gasteiger partial charge in [0.1, 0.15) is 0 Å². The number of aromatic nitrogens is 3. The van der Waals surface area contributed by atoms with Crippen LogP contribution in [-0.4, -0.2) is 34.5 Å². The van der Waals surface area contributed by atoms with Crippen molar-refractivity contribution < 1.29 is 8.42 Å². The van der Waals surface area contributed by atoms with Crippen LogP contribution in [-0.2, 0) is 9.84 Å². The summed E-state index contributed by atoms with van der Waals surface area (Å²) < 4.78 is 26.1. The van der Waals surface area contributed by atoms with Crippen molar-refractivity contribution in [3.63, 3.8) is 0 Å². The van der Waals surface area contributed by atoms with Crippen LogP contribution in [0.2, 0.25) is 0 Å². The molecular weight excluding hydrogens is 306 g/mol. The number of sulfone groups is 1. The second-order valence-corrected chi connectivity index (χ2v) is 8.01. The molecule has 0 saturated carbocycles. The van der Waals surface area contributed by atoms with Crippen LogP contribution in [0.25, 0.3) is 21.9 Å². The van der Waals surface area contributed by atoms with Gasteiger partial charge in [0.15, 0.2) is 14.6 Å². The Morgan fingerprint density at radius 1 is 1.33 bits per heavy atom. The summed E-state index contributed by atoms with van der Waals surface area (Å²) in [5.74, 6) is 0.389. The second-order valence-electron chi connectivity index (χ2n) is 5.39. The molecule has 0 aliphatic carbocycles. The number of para-hydroxylation sites is 1. The maximum atomic E-state index is 11.8. The fourth-order valence-corrected chi connectivity index (χ4v) is 5.13. The molecule has 2 aromatic heterocycles. The minimum Gasteiger partial charge on any atom is -0.329 e. The third-order valence-electron chi connectivity index (χ3n) is 4.02. The fraction of sp³-hybridized carbons (Fsp3) is 0.286. The summed E-state index contributed by atoms with van der Waals surface area (Å²) in [5, 5.41) is 0.992. The van der Waals surface area contributed by atoms with Gasteiger partial charge in [0.05, 0.1) is 40.3 Å². The summed E-state index contributed by atoms with van der Waals surface area (Å²) in [6.45, 7) is 0. The third-order valence-corrected chi connectivity index (χ3v) is 6.07. The Balaban J connectivity index is 2.07. The highest BCUT2D eigenvalue weighted by molar-refractivity contribution is 7.91. The highest BCUT2D eigenvalue weighted by Crippen LogP contribution is 2.31. The molecule has 1 aromatic carbocycles. The van der Waals surface area contributed by atoms with E-state index in [1.807, 2.05) is 28.8 Å². The Kier molecular flexibility index (Phi) is 2.71. The van der Waals surface area contributed by atoms with E-state index in [9.17, 15) is 8.42 Å². The van der Waals surface area contributed by atoms with Gasteiger partial charge in [0.25, 0.3) is 0 Å². The van der Waals surface area contributed by atoms with Gasteiger partial charge in [-0.15, -0.1) is 0 Å². The first-order valence-corrected chi connectivity index (χ1v) is 8.96. The SMILES string of the molecule is O=S1(=O)CCC(n2c(=S)[nH]c3cnc4ccccc4c32)C1. The molecule has 3 heterocycles. The lowest BCUT2D eigenvalue weighted by Gasteiger charge is -2.12. The molecule has 1 aliphatic rings. The first-order chi connectivity index (χ1) is 10.1. The molecular formula is C14H13N3O2S2. The molecule has 1 unspecified atom stereocenters. The van der Waals surface area contributed by atoms with Crippen molar-refractivity contribution in [2.75, 3.05) is 11.5 Å². The highest BCUT2D eigenvalue weighted by atomic mass is 32.2. The van der Waals surface area contributed by atoms with Crippen molar-refractivity contribution in [3.05, 3.63) is 35.2 Å². The Morgan fingerprint density at radius 3 is 2.90 bits per heavy atom. The summed E-state index contributed by atoms with van der Waals surface area (Å²) in [4.78, 5) is 7.55. The van der Waals surface area contributed by atoms with Crippen LogP contribution in [0.15, 0.2) is 30.5 Å². The predicted molar refractivity (Wildman–Crippen MR) is 84.7 cm³/mol. The smallest absolute Gasteiger partial charge is 0.178 e. The number of benzene rings is 1. The molecule has 1 fully saturated rings. The molecule has 0 bridgehead atoms. The summed E-state index contributed by atoms with van der Waals surface area (Å²) in [6, 6.07) is 7.73. The molecule has 1 atom stereocenters. The summed E-state index contributed by atoms with van der Waals surface area (Å²) in [5.41, 5.74) is 2.68. The van der Waals surface area contributed by atoms with Gasteiger partial charge in [-0.25, -0.2) is 8.42 Å². The number of imidazole rings is 1. The fourth-order valence-electron chi connectivity index (χ4n) is 3.08. The van der Waals surface area contributed by atoms with Gasteiger partial charge in [-0.2, -0.15) is 0 Å². The highest BCUT2D eigenvalue weighted by Gasteiger charge is 2.30. The number of hydrogen-bond acceptors (Lipinski definition) is 4. The number of aromatic amines is 1. The number of H-pyrrole nitrogens is 1. The minimum absolute atomic E-state index is 0.0953. The zero-order valence-corrected chi connectivity index (χ0v) is 12.7. The van der Waals surface area contributed by atoms with Gasteiger partial charge >= 0.3 is 0 Å². The monoisotopic (exact) mass is 319 g/mol. The van der Waals surface area contributed by atoms with E-state index in [-0.39, 0.29) is 17.5 Å². The van der Waals surface area contributed by atoms with E-state index in [0.717, 1.165) is 21.9 Å². The van der Waals surface area contributed by atoms with Crippen LogP contribution >= 0.6 is 12.2 Å². The maximum absolute atomic E-state index is 11.8. The average molecular weight is 319 g/mol. The van der Waals surface area contributed by atoms with Gasteiger partial charge in [-0.1, -0.05) is 18.2 Å². The van der Waals surface area contributed by atoms with E-state index in [4.69, 9.17) is 12.2 Å². The Hall–Kier alpha value is -1.73. The molecule has 4 rings (SSSR count). The van der Waals surface area contributed by atoms with E-state index >= 15 is 0 Å². The van der Waals surface area contributed by atoms with E-state index < -0.39 is 9.84 Å². The minimum atomic E-state index is -2.96. The standard InChI is InChI=1S/C14H13N3O2S2/c18-21(19)6-5-9(8-21)17-13-10-3-1-2-4-11(10)15-7-12(13)16-14(17)20/h1-4,7,9H,5-6,8H2,(H,16,20). The molecule has 0 amide bonds. The van der Waals surface area contributed by atoms with Gasteiger partial charge in [-0.05, 0) is 24.7 Å². The molecule has 5 nitrogen and oxygen atoms in total. The van der Waals surface area contributed by atoms with Crippen LogP contribution < -0.4 is 0 Å². The first-order valence-electron chi connectivity index (χ1n) is 6.73. The summed E-state index contributed by atoms with van der Waals surface area (Å²) >= 11 is 5.41. The quantitative estimate of drug-likeness (QED) is 0.700. The molecule has 7 heteroatoms. The van der Waals surface area contributed by atoms with Crippen LogP contribution in [0, 0.1) is 4.77 Å². The van der Waals surface area contributed by atoms with Crippen LogP contribution in [0.1, 0.15) is 12.5 Å². The molecule has 3 aromatic rings. The number of nitrogens with one attached hydrogen (secondary N) is 1. The van der Waals surface area contributed by atoms with Crippen molar-refractivity contribution in [1.82, 2.24) is 14.5 Å². The van der Waals surface area contributed by atoms with Crippen LogP contribution in [0.3, 0.4) is 0 Å². The van der Waals surface area contributed by atoms with Gasteiger partial charge in [-0.3, -0.25) is 4.98 Å². The topological polar surface area (TPSA) is 67.8 Å². The Bertz CT molecular complexity index is 1020. The molecule has 1 N–H and O–H groups in total. The predicted octanol–water partition coefficient (Wildman–Crippen LogP) is 2.61. The number of pyridine rings is 1. The zero-order chi connectivity index (χ0) is 14.6. The lowest BCUT2D eigenvalue weighted by molar-refractivity contribution is 0.564. The molecule has 21 heavy (non-hydrogen) atoms. The van der Waals surface area contributed by atoms with Crippen LogP contribution in [0.4, 0.5) is 0 Å². The van der Waals surface area contributed by atoms with E-state index in [0.29, 0.717) is 11.2 Å². The maximum Gasteiger partial charge on any atom is 0.178 e. The third kappa shape index (κ3) is 1.99. The molecule has 108 valence electrons. The summed E-state index contributed by atoms with van der Waals surface area (Å²) in [7, 11) is -2.96. The number of hydrogen-bond donors (Lipinski definition) is 1. The number of fused-ring (bicyclic) bond motifs is 3. The molecule has 1 saturated heterocycles. The zero-order valence-electron chi connectivity index (χ0n) is 11.1. The lowest BCUT2D eigenvalue weighted by atomic mass is 10.1. The molecule has 1 aliphatic heterocycles. The van der Waals surface area contributed by atoms with Crippen molar-refractivity contribution in [2.24, 2.45) is 0 Å². The lowest BCUT2D eigenvalue weighted by Crippen LogP contribution is -2.11. The van der Waals surface area contributed by atoms with Crippen molar-refractivity contribution >= 4 is 44.0 Å². The average Bonchev–Trinajstić information content (AvgIpc) is 2.97. The van der Waals surface area contributed by atoms with E-state index in [2.05, 4.69) is 9.97 Å². The van der Waals surface area contributed by atoms with Crippen molar-refractivity contribution in [2.45, 2.75) is 12.5 Å². The first kappa shape index (κ1) is 13.0. The van der Waals surface area contributed by atoms with Gasteiger partial charge in [0, 0.05) is 5.39 Å². The normalized spacial score (nSPS) is 21.2. The van der Waals surface area contributed by atoms with E-state index in [1.165, 1.54) is 0 Å². The second kappa shape index (κ2) is 4.38. The van der Waals surface area contributed by atoms with Crippen molar-refractivity contribution in [3.8, 4) is 0 Å².